The van der Waals surface area contributed by atoms with Crippen LogP contribution in [0.25, 0.3) is 0 Å². The highest BCUT2D eigenvalue weighted by molar-refractivity contribution is 5.61. The van der Waals surface area contributed by atoms with Gasteiger partial charge in [0.25, 0.3) is 0 Å². The molecule has 0 saturated carbocycles. The first-order chi connectivity index (χ1) is 7.72. The minimum absolute atomic E-state index is 0.254. The largest absolute Gasteiger partial charge is 0.483 e. The second-order valence-electron chi connectivity index (χ2n) is 2.84. The Labute approximate surface area is 94.3 Å². The van der Waals surface area contributed by atoms with E-state index in [9.17, 15) is 0 Å². The molecular weight excluding hydrogens is 210 g/mol. The minimum Gasteiger partial charge on any atom is -0.483 e. The maximum absolute atomic E-state index is 5.10. The topological polar surface area (TPSA) is 65.8 Å². The van der Waals surface area contributed by atoms with E-state index in [2.05, 4.69) is 15.0 Å². The molecule has 0 fully saturated rings. The molecule has 1 rings (SSSR count). The summed E-state index contributed by atoms with van der Waals surface area (Å²) in [6, 6.07) is 0.254. The molecule has 0 bridgehead atoms. The van der Waals surface area contributed by atoms with Crippen LogP contribution in [0.5, 0.6) is 11.9 Å². The molecule has 1 aromatic heterocycles. The van der Waals surface area contributed by atoms with Crippen molar-refractivity contribution in [2.45, 2.75) is 13.8 Å². The molecule has 1 heterocycles. The Kier molecular flexibility index (Phi) is 4.50. The first-order valence-electron chi connectivity index (χ1n) is 4.83. The number of hydrogen-bond acceptors (Lipinski definition) is 6. The van der Waals surface area contributed by atoms with Gasteiger partial charge in [0.2, 0.25) is 5.88 Å². The molecule has 16 heavy (non-hydrogen) atoms. The summed E-state index contributed by atoms with van der Waals surface area (Å²) < 4.78 is 15.0. The fraction of sp³-hybridized carbons (Fsp3) is 0.500. The average Bonchev–Trinajstić information content (AvgIpc) is 2.30. The molecule has 6 nitrogen and oxygen atoms in total. The first kappa shape index (κ1) is 12.2. The molecule has 6 heteroatoms. The Bertz CT molecular complexity index is 380. The predicted molar refractivity (Wildman–Crippen MR) is 59.7 cm³/mol. The molecule has 0 aromatic carbocycles. The molecule has 0 aliphatic carbocycles. The Morgan fingerprint density at radius 3 is 2.56 bits per heavy atom. The Hall–Kier alpha value is -1.85. The Morgan fingerprint density at radius 2 is 2.00 bits per heavy atom. The van der Waals surface area contributed by atoms with Crippen LogP contribution in [0.2, 0.25) is 0 Å². The smallest absolute Gasteiger partial charge is 0.319 e. The van der Waals surface area contributed by atoms with Crippen LogP contribution < -0.4 is 9.47 Å². The van der Waals surface area contributed by atoms with Gasteiger partial charge in [-0.2, -0.15) is 9.97 Å². The molecule has 0 atom stereocenters. The number of rotatable bonds is 5. The second-order valence-corrected chi connectivity index (χ2v) is 2.84. The number of aromatic nitrogens is 2. The van der Waals surface area contributed by atoms with Crippen molar-refractivity contribution in [1.82, 2.24) is 9.97 Å². The fourth-order valence-electron chi connectivity index (χ4n) is 1.06. The molecule has 88 valence electrons. The van der Waals surface area contributed by atoms with Crippen LogP contribution in [0.4, 0.5) is 5.69 Å². The molecule has 0 amide bonds. The van der Waals surface area contributed by atoms with Crippen LogP contribution in [-0.2, 0) is 4.74 Å². The highest BCUT2D eigenvalue weighted by Gasteiger charge is 2.11. The lowest BCUT2D eigenvalue weighted by atomic mass is 10.4. The SMILES string of the molecule is CCOC=Nc1c(C)nc(OC)nc1OC. The fourth-order valence-corrected chi connectivity index (χ4v) is 1.06. The Balaban J connectivity index is 3.06. The van der Waals surface area contributed by atoms with Crippen LogP contribution in [0.3, 0.4) is 0 Å². The lowest BCUT2D eigenvalue weighted by Crippen LogP contribution is -1.98. The van der Waals surface area contributed by atoms with Gasteiger partial charge in [-0.15, -0.1) is 0 Å². The zero-order valence-corrected chi connectivity index (χ0v) is 9.85. The van der Waals surface area contributed by atoms with Crippen molar-refractivity contribution in [2.75, 3.05) is 20.8 Å². The van der Waals surface area contributed by atoms with Crippen LogP contribution in [0, 0.1) is 6.92 Å². The standard InChI is InChI=1S/C10H15N3O3/c1-5-16-6-11-8-7(2)12-10(15-4)13-9(8)14-3/h6H,5H2,1-4H3. The summed E-state index contributed by atoms with van der Waals surface area (Å²) in [7, 11) is 3.01. The highest BCUT2D eigenvalue weighted by atomic mass is 16.5. The van der Waals surface area contributed by atoms with Gasteiger partial charge >= 0.3 is 6.01 Å². The zero-order valence-electron chi connectivity index (χ0n) is 9.85. The quantitative estimate of drug-likeness (QED) is 0.561. The number of methoxy groups -OCH3 is 2. The van der Waals surface area contributed by atoms with Crippen molar-refractivity contribution >= 4 is 12.1 Å². The normalized spacial score (nSPS) is 10.5. The molecule has 0 unspecified atom stereocenters. The lowest BCUT2D eigenvalue weighted by molar-refractivity contribution is 0.341. The molecule has 0 radical (unpaired) electrons. The van der Waals surface area contributed by atoms with Crippen molar-refractivity contribution < 1.29 is 14.2 Å². The van der Waals surface area contributed by atoms with Gasteiger partial charge in [0.05, 0.1) is 26.5 Å². The van der Waals surface area contributed by atoms with Crippen molar-refractivity contribution in [3.05, 3.63) is 5.69 Å². The summed E-state index contributed by atoms with van der Waals surface area (Å²) in [5.41, 5.74) is 1.21. The van der Waals surface area contributed by atoms with E-state index >= 15 is 0 Å². The van der Waals surface area contributed by atoms with Crippen molar-refractivity contribution in [1.29, 1.82) is 0 Å². The monoisotopic (exact) mass is 225 g/mol. The molecule has 0 aliphatic heterocycles. The number of aryl methyl sites for hydroxylation is 1. The first-order valence-corrected chi connectivity index (χ1v) is 4.83. The van der Waals surface area contributed by atoms with Gasteiger partial charge in [0.1, 0.15) is 5.69 Å². The maximum atomic E-state index is 5.10. The number of nitrogens with zero attached hydrogens (tertiary/aromatic N) is 3. The van der Waals surface area contributed by atoms with E-state index in [-0.39, 0.29) is 6.01 Å². The summed E-state index contributed by atoms with van der Waals surface area (Å²) in [4.78, 5) is 12.2. The molecule has 0 aliphatic rings. The van der Waals surface area contributed by atoms with E-state index in [4.69, 9.17) is 14.2 Å². The third kappa shape index (κ3) is 2.82. The van der Waals surface area contributed by atoms with E-state index in [0.29, 0.717) is 23.9 Å². The number of ether oxygens (including phenoxy) is 3. The Morgan fingerprint density at radius 1 is 1.25 bits per heavy atom. The summed E-state index contributed by atoms with van der Waals surface area (Å²) >= 11 is 0. The van der Waals surface area contributed by atoms with Crippen LogP contribution in [-0.4, -0.2) is 37.2 Å². The molecule has 0 N–H and O–H groups in total. The molecular formula is C10H15N3O3. The van der Waals surface area contributed by atoms with Gasteiger partial charge < -0.3 is 14.2 Å². The van der Waals surface area contributed by atoms with E-state index in [0.717, 1.165) is 0 Å². The van der Waals surface area contributed by atoms with Crippen molar-refractivity contribution in [3.8, 4) is 11.9 Å². The van der Waals surface area contributed by atoms with Gasteiger partial charge in [-0.3, -0.25) is 0 Å². The second kappa shape index (κ2) is 5.89. The van der Waals surface area contributed by atoms with E-state index in [1.165, 1.54) is 20.6 Å². The van der Waals surface area contributed by atoms with E-state index in [1.54, 1.807) is 6.92 Å². The summed E-state index contributed by atoms with van der Waals surface area (Å²) in [6.07, 6.45) is 1.35. The maximum Gasteiger partial charge on any atom is 0.319 e. The van der Waals surface area contributed by atoms with Gasteiger partial charge in [0.15, 0.2) is 6.40 Å². The number of aliphatic imine (C=N–C) groups is 1. The third-order valence-electron chi connectivity index (χ3n) is 1.80. The van der Waals surface area contributed by atoms with E-state index < -0.39 is 0 Å². The van der Waals surface area contributed by atoms with Gasteiger partial charge in [-0.1, -0.05) is 0 Å². The third-order valence-corrected chi connectivity index (χ3v) is 1.80. The molecule has 1 aromatic rings. The van der Waals surface area contributed by atoms with Crippen LogP contribution in [0.15, 0.2) is 4.99 Å². The van der Waals surface area contributed by atoms with Crippen molar-refractivity contribution in [3.63, 3.8) is 0 Å². The van der Waals surface area contributed by atoms with Gasteiger partial charge in [-0.05, 0) is 13.8 Å². The minimum atomic E-state index is 0.254. The van der Waals surface area contributed by atoms with E-state index in [1.807, 2.05) is 6.92 Å². The zero-order chi connectivity index (χ0) is 12.0. The predicted octanol–water partition coefficient (Wildman–Crippen LogP) is 1.50. The number of hydrogen-bond donors (Lipinski definition) is 0. The highest BCUT2D eigenvalue weighted by Crippen LogP contribution is 2.29. The molecule has 0 saturated heterocycles. The van der Waals surface area contributed by atoms with Gasteiger partial charge in [0, 0.05) is 0 Å². The van der Waals surface area contributed by atoms with Crippen LogP contribution >= 0.6 is 0 Å². The summed E-state index contributed by atoms with van der Waals surface area (Å²) in [5, 5.41) is 0. The summed E-state index contributed by atoms with van der Waals surface area (Å²) in [6.45, 7) is 4.23. The van der Waals surface area contributed by atoms with Crippen LogP contribution in [0.1, 0.15) is 12.6 Å². The summed E-state index contributed by atoms with van der Waals surface area (Å²) in [5.74, 6) is 0.361. The molecule has 0 spiro atoms. The van der Waals surface area contributed by atoms with Crippen molar-refractivity contribution in [2.24, 2.45) is 4.99 Å². The lowest BCUT2D eigenvalue weighted by Gasteiger charge is -2.07. The van der Waals surface area contributed by atoms with Gasteiger partial charge in [-0.25, -0.2) is 4.99 Å². The average molecular weight is 225 g/mol.